The Balaban J connectivity index is 1.62. The van der Waals surface area contributed by atoms with Crippen molar-refractivity contribution >= 4 is 0 Å². The predicted octanol–water partition coefficient (Wildman–Crippen LogP) is 2.25. The highest BCUT2D eigenvalue weighted by molar-refractivity contribution is 4.96. The van der Waals surface area contributed by atoms with Gasteiger partial charge in [-0.3, -0.25) is 4.90 Å². The molecule has 0 aromatic carbocycles. The Morgan fingerprint density at radius 3 is 2.73 bits per heavy atom. The molecule has 0 aromatic rings. The van der Waals surface area contributed by atoms with Crippen molar-refractivity contribution in [1.29, 1.82) is 0 Å². The predicted molar refractivity (Wildman–Crippen MR) is 65.1 cm³/mol. The number of likely N-dealkylation sites (tertiary alicyclic amines) is 1. The molecule has 2 unspecified atom stereocenters. The molecule has 2 heteroatoms. The Bertz CT molecular complexity index is 209. The Kier molecular flexibility index (Phi) is 3.36. The molecule has 15 heavy (non-hydrogen) atoms. The van der Waals surface area contributed by atoms with Crippen molar-refractivity contribution < 1.29 is 0 Å². The van der Waals surface area contributed by atoms with Crippen LogP contribution in [0.15, 0.2) is 0 Å². The zero-order valence-corrected chi connectivity index (χ0v) is 10.6. The lowest BCUT2D eigenvalue weighted by atomic mass is 10.0. The summed E-state index contributed by atoms with van der Waals surface area (Å²) in [6, 6.07) is 1.52. The molecule has 2 aliphatic rings. The first-order valence-electron chi connectivity index (χ1n) is 6.59. The zero-order chi connectivity index (χ0) is 10.9. The van der Waals surface area contributed by atoms with Gasteiger partial charge >= 0.3 is 0 Å². The molecule has 0 bridgehead atoms. The Morgan fingerprint density at radius 2 is 2.20 bits per heavy atom. The van der Waals surface area contributed by atoms with E-state index in [9.17, 15) is 0 Å². The van der Waals surface area contributed by atoms with Crippen LogP contribution in [0.2, 0.25) is 0 Å². The van der Waals surface area contributed by atoms with Gasteiger partial charge < -0.3 is 5.32 Å². The van der Waals surface area contributed by atoms with Crippen molar-refractivity contribution in [3.63, 3.8) is 0 Å². The third-order valence-electron chi connectivity index (χ3n) is 4.62. The normalized spacial score (nSPS) is 31.8. The standard InChI is InChI=1S/C13H26N2/c1-11-5-4-9-15(11)10-8-14-12(2)13(3)6-7-13/h11-12,14H,4-10H2,1-3H3. The van der Waals surface area contributed by atoms with Crippen molar-refractivity contribution in [3.05, 3.63) is 0 Å². The molecule has 1 heterocycles. The summed E-state index contributed by atoms with van der Waals surface area (Å²) in [7, 11) is 0. The van der Waals surface area contributed by atoms with Crippen LogP contribution < -0.4 is 5.32 Å². The molecule has 2 fully saturated rings. The van der Waals surface area contributed by atoms with E-state index in [2.05, 4.69) is 31.0 Å². The first kappa shape index (κ1) is 11.4. The van der Waals surface area contributed by atoms with Gasteiger partial charge in [-0.1, -0.05) is 6.92 Å². The first-order chi connectivity index (χ1) is 7.12. The molecule has 1 saturated carbocycles. The lowest BCUT2D eigenvalue weighted by molar-refractivity contribution is 0.256. The van der Waals surface area contributed by atoms with Crippen LogP contribution in [0, 0.1) is 5.41 Å². The maximum atomic E-state index is 3.69. The molecular weight excluding hydrogens is 184 g/mol. The zero-order valence-electron chi connectivity index (χ0n) is 10.6. The minimum atomic E-state index is 0.622. The van der Waals surface area contributed by atoms with Crippen LogP contribution in [-0.4, -0.2) is 36.6 Å². The van der Waals surface area contributed by atoms with E-state index < -0.39 is 0 Å². The number of rotatable bonds is 5. The molecule has 0 amide bonds. The molecule has 0 radical (unpaired) electrons. The van der Waals surface area contributed by atoms with Crippen LogP contribution in [0.1, 0.15) is 46.5 Å². The largest absolute Gasteiger partial charge is 0.312 e. The van der Waals surface area contributed by atoms with Crippen molar-refractivity contribution in [2.45, 2.75) is 58.5 Å². The quantitative estimate of drug-likeness (QED) is 0.749. The van der Waals surface area contributed by atoms with E-state index in [0.717, 1.165) is 6.04 Å². The lowest BCUT2D eigenvalue weighted by Crippen LogP contribution is -2.40. The van der Waals surface area contributed by atoms with Gasteiger partial charge in [0.15, 0.2) is 0 Å². The Hall–Kier alpha value is -0.0800. The summed E-state index contributed by atoms with van der Waals surface area (Å²) < 4.78 is 0. The average Bonchev–Trinajstić information content (AvgIpc) is 2.83. The highest BCUT2D eigenvalue weighted by atomic mass is 15.2. The van der Waals surface area contributed by atoms with Crippen LogP contribution in [-0.2, 0) is 0 Å². The summed E-state index contributed by atoms with van der Waals surface area (Å²) in [6.07, 6.45) is 5.63. The smallest absolute Gasteiger partial charge is 0.0110 e. The molecule has 1 saturated heterocycles. The third kappa shape index (κ3) is 2.73. The fraction of sp³-hybridized carbons (Fsp3) is 1.00. The maximum Gasteiger partial charge on any atom is 0.0110 e. The third-order valence-corrected chi connectivity index (χ3v) is 4.62. The van der Waals surface area contributed by atoms with Gasteiger partial charge in [-0.2, -0.15) is 0 Å². The summed E-state index contributed by atoms with van der Waals surface area (Å²) >= 11 is 0. The molecule has 88 valence electrons. The van der Waals surface area contributed by atoms with E-state index in [4.69, 9.17) is 0 Å². The van der Waals surface area contributed by atoms with Crippen molar-refractivity contribution in [3.8, 4) is 0 Å². The summed E-state index contributed by atoms with van der Waals surface area (Å²) in [5, 5.41) is 3.69. The van der Waals surface area contributed by atoms with Crippen LogP contribution in [0.5, 0.6) is 0 Å². The monoisotopic (exact) mass is 210 g/mol. The summed E-state index contributed by atoms with van der Waals surface area (Å²) in [5.41, 5.74) is 0.622. The van der Waals surface area contributed by atoms with Crippen molar-refractivity contribution in [1.82, 2.24) is 10.2 Å². The van der Waals surface area contributed by atoms with Crippen LogP contribution >= 0.6 is 0 Å². The van der Waals surface area contributed by atoms with E-state index in [1.165, 1.54) is 45.3 Å². The molecule has 1 aliphatic heterocycles. The van der Waals surface area contributed by atoms with E-state index in [-0.39, 0.29) is 0 Å². The number of nitrogens with one attached hydrogen (secondary N) is 1. The molecule has 1 aliphatic carbocycles. The van der Waals surface area contributed by atoms with Crippen molar-refractivity contribution in [2.75, 3.05) is 19.6 Å². The van der Waals surface area contributed by atoms with Gasteiger partial charge in [0.25, 0.3) is 0 Å². The fourth-order valence-electron chi connectivity index (χ4n) is 2.63. The topological polar surface area (TPSA) is 15.3 Å². The van der Waals surface area contributed by atoms with Crippen LogP contribution in [0.4, 0.5) is 0 Å². The Labute approximate surface area is 94.4 Å². The van der Waals surface area contributed by atoms with Gasteiger partial charge in [0.2, 0.25) is 0 Å². The fourth-order valence-corrected chi connectivity index (χ4v) is 2.63. The van der Waals surface area contributed by atoms with E-state index >= 15 is 0 Å². The minimum Gasteiger partial charge on any atom is -0.312 e. The van der Waals surface area contributed by atoms with Gasteiger partial charge in [-0.15, -0.1) is 0 Å². The molecule has 2 nitrogen and oxygen atoms in total. The van der Waals surface area contributed by atoms with Gasteiger partial charge in [-0.05, 0) is 51.5 Å². The number of nitrogens with zero attached hydrogens (tertiary/aromatic N) is 1. The number of hydrogen-bond donors (Lipinski definition) is 1. The number of hydrogen-bond acceptors (Lipinski definition) is 2. The minimum absolute atomic E-state index is 0.622. The maximum absolute atomic E-state index is 3.69. The van der Waals surface area contributed by atoms with E-state index in [1.54, 1.807) is 0 Å². The summed E-state index contributed by atoms with van der Waals surface area (Å²) in [4.78, 5) is 2.62. The second-order valence-corrected chi connectivity index (χ2v) is 5.86. The lowest BCUT2D eigenvalue weighted by Gasteiger charge is -2.25. The SMILES string of the molecule is CC1CCCN1CCNC(C)C1(C)CC1. The highest BCUT2D eigenvalue weighted by Crippen LogP contribution is 2.47. The van der Waals surface area contributed by atoms with Gasteiger partial charge in [0.1, 0.15) is 0 Å². The van der Waals surface area contributed by atoms with Gasteiger partial charge in [-0.25, -0.2) is 0 Å². The molecule has 2 atom stereocenters. The summed E-state index contributed by atoms with van der Waals surface area (Å²) in [5.74, 6) is 0. The molecule has 0 spiro atoms. The van der Waals surface area contributed by atoms with Gasteiger partial charge in [0.05, 0.1) is 0 Å². The Morgan fingerprint density at radius 1 is 1.47 bits per heavy atom. The van der Waals surface area contributed by atoms with Crippen molar-refractivity contribution in [2.24, 2.45) is 5.41 Å². The van der Waals surface area contributed by atoms with Crippen LogP contribution in [0.25, 0.3) is 0 Å². The average molecular weight is 210 g/mol. The van der Waals surface area contributed by atoms with Crippen LogP contribution in [0.3, 0.4) is 0 Å². The summed E-state index contributed by atoms with van der Waals surface area (Å²) in [6.45, 7) is 10.8. The van der Waals surface area contributed by atoms with Gasteiger partial charge in [0, 0.05) is 25.2 Å². The first-order valence-corrected chi connectivity index (χ1v) is 6.59. The molecule has 2 rings (SSSR count). The second kappa shape index (κ2) is 4.42. The second-order valence-electron chi connectivity index (χ2n) is 5.86. The van der Waals surface area contributed by atoms with E-state index in [0.29, 0.717) is 11.5 Å². The highest BCUT2D eigenvalue weighted by Gasteiger charge is 2.42. The van der Waals surface area contributed by atoms with E-state index in [1.807, 2.05) is 0 Å². The molecule has 1 N–H and O–H groups in total. The molecule has 0 aromatic heterocycles. The molecular formula is C13H26N2.